The van der Waals surface area contributed by atoms with Crippen molar-refractivity contribution < 1.29 is 4.79 Å². The van der Waals surface area contributed by atoms with Crippen LogP contribution in [-0.2, 0) is 11.3 Å². The van der Waals surface area contributed by atoms with Gasteiger partial charge in [0.15, 0.2) is 0 Å². The molecule has 3 N–H and O–H groups in total. The molecule has 7 heteroatoms. The molecule has 2 unspecified atom stereocenters. The normalized spacial score (nSPS) is 21.9. The summed E-state index contributed by atoms with van der Waals surface area (Å²) in [5, 5.41) is 3.99. The van der Waals surface area contributed by atoms with Crippen LogP contribution >= 0.6 is 36.2 Å². The largest absolute Gasteiger partial charge is 0.351 e. The molecule has 0 aromatic carbocycles. The van der Waals surface area contributed by atoms with Crippen LogP contribution in [0.1, 0.15) is 29.1 Å². The molecule has 1 fully saturated rings. The van der Waals surface area contributed by atoms with Crippen molar-refractivity contribution in [3.05, 3.63) is 16.1 Å². The Morgan fingerprint density at radius 3 is 2.78 bits per heavy atom. The van der Waals surface area contributed by atoms with Crippen LogP contribution in [0, 0.1) is 12.8 Å². The average Bonchev–Trinajstić information content (AvgIpc) is 2.84. The van der Waals surface area contributed by atoms with Crippen molar-refractivity contribution in [3.8, 4) is 0 Å². The fourth-order valence-corrected chi connectivity index (χ4v) is 2.79. The van der Waals surface area contributed by atoms with E-state index in [0.29, 0.717) is 6.54 Å². The average molecular weight is 312 g/mol. The molecule has 0 spiro atoms. The van der Waals surface area contributed by atoms with Crippen LogP contribution in [0.3, 0.4) is 0 Å². The minimum Gasteiger partial charge on any atom is -0.351 e. The van der Waals surface area contributed by atoms with Crippen molar-refractivity contribution in [3.63, 3.8) is 0 Å². The van der Waals surface area contributed by atoms with E-state index in [9.17, 15) is 4.79 Å². The number of halogens is 2. The number of hydrogen-bond acceptors (Lipinski definition) is 4. The fraction of sp³-hybridized carbons (Fsp3) is 0.636. The molecule has 1 amide bonds. The van der Waals surface area contributed by atoms with Crippen molar-refractivity contribution in [2.24, 2.45) is 11.7 Å². The number of amides is 1. The van der Waals surface area contributed by atoms with Gasteiger partial charge in [0, 0.05) is 23.0 Å². The lowest BCUT2D eigenvalue weighted by Crippen LogP contribution is -2.29. The maximum atomic E-state index is 11.8. The van der Waals surface area contributed by atoms with E-state index < -0.39 is 0 Å². The summed E-state index contributed by atoms with van der Waals surface area (Å²) < 4.78 is 0. The van der Waals surface area contributed by atoms with Crippen molar-refractivity contribution in [2.75, 3.05) is 0 Å². The Bertz CT molecular complexity index is 386. The number of nitrogens with zero attached hydrogens (tertiary/aromatic N) is 1. The minimum absolute atomic E-state index is 0. The third-order valence-corrected chi connectivity index (χ3v) is 3.86. The predicted molar refractivity (Wildman–Crippen MR) is 78.5 cm³/mol. The van der Waals surface area contributed by atoms with E-state index in [1.165, 1.54) is 0 Å². The second kappa shape index (κ2) is 7.94. The first kappa shape index (κ1) is 17.6. The Kier molecular flexibility index (Phi) is 7.78. The Morgan fingerprint density at radius 2 is 2.28 bits per heavy atom. The van der Waals surface area contributed by atoms with Crippen LogP contribution in [0.4, 0.5) is 0 Å². The zero-order valence-corrected chi connectivity index (χ0v) is 12.7. The molecular formula is C11H19Cl2N3OS. The molecule has 2 atom stereocenters. The number of carbonyl (C=O) groups is 1. The molecule has 1 saturated carbocycles. The summed E-state index contributed by atoms with van der Waals surface area (Å²) in [4.78, 5) is 17.0. The highest BCUT2D eigenvalue weighted by Gasteiger charge is 2.27. The second-order valence-corrected chi connectivity index (χ2v) is 5.65. The van der Waals surface area contributed by atoms with E-state index in [-0.39, 0.29) is 42.7 Å². The molecule has 0 bridgehead atoms. The number of aromatic nitrogens is 1. The van der Waals surface area contributed by atoms with Gasteiger partial charge >= 0.3 is 0 Å². The number of nitrogens with one attached hydrogen (secondary N) is 1. The fourth-order valence-electron chi connectivity index (χ4n) is 2.06. The molecule has 4 nitrogen and oxygen atoms in total. The molecule has 0 aliphatic heterocycles. The van der Waals surface area contributed by atoms with Crippen LogP contribution in [0.15, 0.2) is 6.20 Å². The third-order valence-electron chi connectivity index (χ3n) is 2.95. The van der Waals surface area contributed by atoms with Crippen LogP contribution < -0.4 is 11.1 Å². The maximum absolute atomic E-state index is 11.8. The summed E-state index contributed by atoms with van der Waals surface area (Å²) in [6, 6.07) is 0.210. The standard InChI is InChI=1S/C11H17N3OS.2ClH/c1-7-13-5-10(16-7)6-14-11(15)8-2-3-9(12)4-8;;/h5,8-9H,2-4,6,12H2,1H3,(H,14,15);2*1H. The summed E-state index contributed by atoms with van der Waals surface area (Å²) in [5.74, 6) is 0.253. The van der Waals surface area contributed by atoms with Gasteiger partial charge in [0.05, 0.1) is 11.6 Å². The lowest BCUT2D eigenvalue weighted by Gasteiger charge is -2.09. The zero-order chi connectivity index (χ0) is 11.5. The van der Waals surface area contributed by atoms with Gasteiger partial charge in [-0.25, -0.2) is 4.98 Å². The Labute approximate surface area is 124 Å². The van der Waals surface area contributed by atoms with Crippen molar-refractivity contribution >= 4 is 42.1 Å². The Morgan fingerprint density at radius 1 is 1.56 bits per heavy atom. The molecule has 18 heavy (non-hydrogen) atoms. The number of carbonyl (C=O) groups excluding carboxylic acids is 1. The van der Waals surface area contributed by atoms with Gasteiger partial charge in [0.1, 0.15) is 0 Å². The van der Waals surface area contributed by atoms with Gasteiger partial charge in [-0.2, -0.15) is 0 Å². The zero-order valence-electron chi connectivity index (χ0n) is 10.2. The summed E-state index contributed by atoms with van der Waals surface area (Å²) in [6.07, 6.45) is 4.54. The molecule has 1 aliphatic carbocycles. The van der Waals surface area contributed by atoms with E-state index >= 15 is 0 Å². The molecule has 2 rings (SSSR count). The quantitative estimate of drug-likeness (QED) is 0.897. The molecule has 0 radical (unpaired) electrons. The summed E-state index contributed by atoms with van der Waals surface area (Å²) >= 11 is 1.62. The van der Waals surface area contributed by atoms with Gasteiger partial charge in [-0.15, -0.1) is 36.2 Å². The van der Waals surface area contributed by atoms with Crippen molar-refractivity contribution in [1.82, 2.24) is 10.3 Å². The van der Waals surface area contributed by atoms with Crippen LogP contribution in [0.5, 0.6) is 0 Å². The van der Waals surface area contributed by atoms with Gasteiger partial charge in [-0.3, -0.25) is 4.79 Å². The number of aryl methyl sites for hydroxylation is 1. The highest BCUT2D eigenvalue weighted by atomic mass is 35.5. The lowest BCUT2D eigenvalue weighted by atomic mass is 10.1. The number of thiazole rings is 1. The summed E-state index contributed by atoms with van der Waals surface area (Å²) in [7, 11) is 0. The third kappa shape index (κ3) is 4.72. The van der Waals surface area contributed by atoms with Gasteiger partial charge in [-0.05, 0) is 26.2 Å². The molecular weight excluding hydrogens is 293 g/mol. The van der Waals surface area contributed by atoms with Crippen LogP contribution in [0.2, 0.25) is 0 Å². The second-order valence-electron chi connectivity index (χ2n) is 4.33. The first-order valence-corrected chi connectivity index (χ1v) is 6.41. The summed E-state index contributed by atoms with van der Waals surface area (Å²) in [5.41, 5.74) is 5.79. The Balaban J connectivity index is 0.00000144. The summed E-state index contributed by atoms with van der Waals surface area (Å²) in [6.45, 7) is 2.56. The minimum atomic E-state index is 0. The molecule has 1 aliphatic rings. The van der Waals surface area contributed by atoms with E-state index in [2.05, 4.69) is 10.3 Å². The highest BCUT2D eigenvalue weighted by Crippen LogP contribution is 2.24. The van der Waals surface area contributed by atoms with E-state index in [1.54, 1.807) is 11.3 Å². The van der Waals surface area contributed by atoms with Crippen molar-refractivity contribution in [1.29, 1.82) is 0 Å². The van der Waals surface area contributed by atoms with E-state index in [1.807, 2.05) is 13.1 Å². The van der Waals surface area contributed by atoms with E-state index in [4.69, 9.17) is 5.73 Å². The van der Waals surface area contributed by atoms with Gasteiger partial charge in [-0.1, -0.05) is 0 Å². The number of hydrogen-bond donors (Lipinski definition) is 2. The van der Waals surface area contributed by atoms with Gasteiger partial charge < -0.3 is 11.1 Å². The van der Waals surface area contributed by atoms with Crippen LogP contribution in [0.25, 0.3) is 0 Å². The SMILES string of the molecule is Cc1ncc(CNC(=O)C2CCC(N)C2)s1.Cl.Cl. The Hall–Kier alpha value is -0.360. The topological polar surface area (TPSA) is 68.0 Å². The smallest absolute Gasteiger partial charge is 0.223 e. The van der Waals surface area contributed by atoms with Gasteiger partial charge in [0.2, 0.25) is 5.91 Å². The maximum Gasteiger partial charge on any atom is 0.223 e. The van der Waals surface area contributed by atoms with Gasteiger partial charge in [0.25, 0.3) is 0 Å². The van der Waals surface area contributed by atoms with Crippen molar-refractivity contribution in [2.45, 2.75) is 38.8 Å². The molecule has 1 aromatic heterocycles. The molecule has 0 saturated heterocycles. The van der Waals surface area contributed by atoms with Crippen LogP contribution in [-0.4, -0.2) is 16.9 Å². The molecule has 1 heterocycles. The lowest BCUT2D eigenvalue weighted by molar-refractivity contribution is -0.124. The first-order chi connectivity index (χ1) is 7.65. The van der Waals surface area contributed by atoms with E-state index in [0.717, 1.165) is 29.1 Å². The highest BCUT2D eigenvalue weighted by molar-refractivity contribution is 7.11. The molecule has 104 valence electrons. The number of nitrogens with two attached hydrogens (primary N) is 1. The number of rotatable bonds is 3. The molecule has 1 aromatic rings. The monoisotopic (exact) mass is 311 g/mol. The predicted octanol–water partition coefficient (Wildman–Crippen LogP) is 2.04. The first-order valence-electron chi connectivity index (χ1n) is 5.59.